The minimum atomic E-state index is -3.57. The van der Waals surface area contributed by atoms with Crippen LogP contribution in [0.25, 0.3) is 0 Å². The Kier molecular flexibility index (Phi) is 3.75. The number of rotatable bonds is 4. The molecule has 0 spiro atoms. The van der Waals surface area contributed by atoms with E-state index >= 15 is 0 Å². The third kappa shape index (κ3) is 2.81. The first-order valence-corrected chi connectivity index (χ1v) is 7.53. The van der Waals surface area contributed by atoms with Gasteiger partial charge < -0.3 is 4.57 Å². The highest BCUT2D eigenvalue weighted by Gasteiger charge is 2.24. The maximum absolute atomic E-state index is 12.0. The Bertz CT molecular complexity index is 492. The quantitative estimate of drug-likeness (QED) is 0.908. The summed E-state index contributed by atoms with van der Waals surface area (Å²) >= 11 is 5.87. The molecule has 2 rings (SSSR count). The summed E-state index contributed by atoms with van der Waals surface area (Å²) in [5.41, 5.74) is 0. The van der Waals surface area contributed by atoms with Gasteiger partial charge in [-0.2, -0.15) is 0 Å². The average molecular weight is 278 g/mol. The van der Waals surface area contributed by atoms with Crippen LogP contribution in [0.4, 0.5) is 0 Å². The van der Waals surface area contributed by atoms with Crippen LogP contribution in [-0.2, 0) is 17.1 Å². The lowest BCUT2D eigenvalue weighted by atomic mass is 10.1. The van der Waals surface area contributed by atoms with Gasteiger partial charge in [-0.3, -0.25) is 0 Å². The van der Waals surface area contributed by atoms with Gasteiger partial charge in [-0.1, -0.05) is 24.4 Å². The molecule has 0 aromatic carbocycles. The van der Waals surface area contributed by atoms with Crippen molar-refractivity contribution in [1.82, 2.24) is 14.3 Å². The molecule has 0 atom stereocenters. The molecule has 5 nitrogen and oxygen atoms in total. The van der Waals surface area contributed by atoms with Crippen LogP contribution in [0.1, 0.15) is 25.7 Å². The van der Waals surface area contributed by atoms with Gasteiger partial charge in [0.15, 0.2) is 0 Å². The van der Waals surface area contributed by atoms with Crippen LogP contribution in [0.5, 0.6) is 0 Å². The molecule has 1 heterocycles. The summed E-state index contributed by atoms with van der Waals surface area (Å²) in [6, 6.07) is 0. The Balaban J connectivity index is 2.05. The van der Waals surface area contributed by atoms with E-state index in [1.54, 1.807) is 7.05 Å². The number of aryl methyl sites for hydroxylation is 1. The summed E-state index contributed by atoms with van der Waals surface area (Å²) in [6.45, 7) is 0.481. The molecule has 1 saturated carbocycles. The Morgan fingerprint density at radius 1 is 1.53 bits per heavy atom. The molecule has 1 aliphatic carbocycles. The summed E-state index contributed by atoms with van der Waals surface area (Å²) < 4.78 is 28.0. The van der Waals surface area contributed by atoms with Gasteiger partial charge in [0.2, 0.25) is 5.03 Å². The highest BCUT2D eigenvalue weighted by molar-refractivity contribution is 7.89. The third-order valence-corrected chi connectivity index (χ3v) is 5.04. The summed E-state index contributed by atoms with van der Waals surface area (Å²) in [5.74, 6) is 0.451. The molecule has 0 unspecified atom stereocenters. The van der Waals surface area contributed by atoms with Crippen LogP contribution >= 0.6 is 11.6 Å². The molecule has 17 heavy (non-hydrogen) atoms. The largest absolute Gasteiger partial charge is 0.324 e. The SMILES string of the molecule is Cn1cnc(S(=O)(=O)NCC2CCCC2)c1Cl. The Morgan fingerprint density at radius 3 is 2.71 bits per heavy atom. The molecule has 1 fully saturated rings. The van der Waals surface area contributed by atoms with Crippen molar-refractivity contribution in [2.24, 2.45) is 13.0 Å². The van der Waals surface area contributed by atoms with Gasteiger partial charge in [0.25, 0.3) is 10.0 Å². The van der Waals surface area contributed by atoms with E-state index < -0.39 is 10.0 Å². The van der Waals surface area contributed by atoms with Crippen molar-refractivity contribution < 1.29 is 8.42 Å². The number of nitrogens with zero attached hydrogens (tertiary/aromatic N) is 2. The topological polar surface area (TPSA) is 64.0 Å². The predicted octanol–water partition coefficient (Wildman–Crippen LogP) is 1.54. The molecule has 1 aromatic heterocycles. The minimum Gasteiger partial charge on any atom is -0.324 e. The number of imidazole rings is 1. The standard InChI is InChI=1S/C10H16ClN3O2S/c1-14-7-12-10(9(14)11)17(15,16)13-6-8-4-2-3-5-8/h7-8,13H,2-6H2,1H3. The van der Waals surface area contributed by atoms with E-state index in [0.29, 0.717) is 12.5 Å². The molecule has 1 aromatic rings. The zero-order chi connectivity index (χ0) is 12.5. The van der Waals surface area contributed by atoms with Crippen molar-refractivity contribution >= 4 is 21.6 Å². The molecule has 1 N–H and O–H groups in total. The second-order valence-electron chi connectivity index (χ2n) is 4.45. The zero-order valence-corrected chi connectivity index (χ0v) is 11.3. The lowest BCUT2D eigenvalue weighted by molar-refractivity contribution is 0.518. The van der Waals surface area contributed by atoms with Crippen molar-refractivity contribution in [3.63, 3.8) is 0 Å². The number of aromatic nitrogens is 2. The second kappa shape index (κ2) is 4.96. The van der Waals surface area contributed by atoms with E-state index in [4.69, 9.17) is 11.6 Å². The van der Waals surface area contributed by atoms with E-state index in [-0.39, 0.29) is 10.2 Å². The van der Waals surface area contributed by atoms with Crippen molar-refractivity contribution in [3.8, 4) is 0 Å². The first-order chi connectivity index (χ1) is 8.00. The number of nitrogens with one attached hydrogen (secondary N) is 1. The lowest BCUT2D eigenvalue weighted by Crippen LogP contribution is -2.29. The minimum absolute atomic E-state index is 0.0836. The molecule has 0 amide bonds. The third-order valence-electron chi connectivity index (χ3n) is 3.13. The van der Waals surface area contributed by atoms with Crippen molar-refractivity contribution in [2.45, 2.75) is 30.7 Å². The van der Waals surface area contributed by atoms with E-state index in [9.17, 15) is 8.42 Å². The van der Waals surface area contributed by atoms with Gasteiger partial charge in [-0.25, -0.2) is 18.1 Å². The van der Waals surface area contributed by atoms with Gasteiger partial charge >= 0.3 is 0 Å². The van der Waals surface area contributed by atoms with Crippen molar-refractivity contribution in [1.29, 1.82) is 0 Å². The van der Waals surface area contributed by atoms with E-state index in [0.717, 1.165) is 12.8 Å². The van der Waals surface area contributed by atoms with Crippen LogP contribution in [0, 0.1) is 5.92 Å². The van der Waals surface area contributed by atoms with Crippen LogP contribution in [0.15, 0.2) is 11.4 Å². The van der Waals surface area contributed by atoms with Crippen molar-refractivity contribution in [3.05, 3.63) is 11.5 Å². The predicted molar refractivity (Wildman–Crippen MR) is 65.4 cm³/mol. The van der Waals surface area contributed by atoms with Crippen LogP contribution in [0.2, 0.25) is 5.15 Å². The zero-order valence-electron chi connectivity index (χ0n) is 9.69. The summed E-state index contributed by atoms with van der Waals surface area (Å²) in [6.07, 6.45) is 5.97. The molecule has 0 aliphatic heterocycles. The normalized spacial score (nSPS) is 17.8. The average Bonchev–Trinajstić information content (AvgIpc) is 2.88. The fourth-order valence-electron chi connectivity index (χ4n) is 2.08. The van der Waals surface area contributed by atoms with Gasteiger partial charge in [-0.05, 0) is 18.8 Å². The lowest BCUT2D eigenvalue weighted by Gasteiger charge is -2.10. The molecule has 7 heteroatoms. The summed E-state index contributed by atoms with van der Waals surface area (Å²) in [4.78, 5) is 3.81. The fourth-order valence-corrected chi connectivity index (χ4v) is 3.63. The number of sulfonamides is 1. The molecular weight excluding hydrogens is 262 g/mol. The molecule has 0 saturated heterocycles. The molecule has 96 valence electrons. The number of halogens is 1. The smallest absolute Gasteiger partial charge is 0.261 e. The summed E-state index contributed by atoms with van der Waals surface area (Å²) in [7, 11) is -1.91. The van der Waals surface area contributed by atoms with Crippen LogP contribution in [0.3, 0.4) is 0 Å². The second-order valence-corrected chi connectivity index (χ2v) is 6.49. The van der Waals surface area contributed by atoms with E-state index in [1.807, 2.05) is 0 Å². The maximum Gasteiger partial charge on any atom is 0.261 e. The molecule has 1 aliphatic rings. The molecule has 0 bridgehead atoms. The van der Waals surface area contributed by atoms with Gasteiger partial charge in [0, 0.05) is 13.6 Å². The molecular formula is C10H16ClN3O2S. The Labute approximate surface area is 106 Å². The van der Waals surface area contributed by atoms with Crippen molar-refractivity contribution in [2.75, 3.05) is 6.54 Å². The fraction of sp³-hybridized carbons (Fsp3) is 0.700. The van der Waals surface area contributed by atoms with Crippen LogP contribution in [-0.4, -0.2) is 24.5 Å². The molecule has 0 radical (unpaired) electrons. The van der Waals surface area contributed by atoms with Crippen LogP contribution < -0.4 is 4.72 Å². The number of hydrogen-bond donors (Lipinski definition) is 1. The maximum atomic E-state index is 12.0. The van der Waals surface area contributed by atoms with E-state index in [2.05, 4.69) is 9.71 Å². The Hall–Kier alpha value is -0.590. The van der Waals surface area contributed by atoms with Gasteiger partial charge in [0.1, 0.15) is 5.15 Å². The van der Waals surface area contributed by atoms with Gasteiger partial charge in [-0.15, -0.1) is 0 Å². The first-order valence-electron chi connectivity index (χ1n) is 5.67. The highest BCUT2D eigenvalue weighted by Crippen LogP contribution is 2.25. The highest BCUT2D eigenvalue weighted by atomic mass is 35.5. The van der Waals surface area contributed by atoms with E-state index in [1.165, 1.54) is 23.7 Å². The van der Waals surface area contributed by atoms with Gasteiger partial charge in [0.05, 0.1) is 6.33 Å². The summed E-state index contributed by atoms with van der Waals surface area (Å²) in [5, 5.41) is 0.0589. The Morgan fingerprint density at radius 2 is 2.18 bits per heavy atom. The number of hydrogen-bond acceptors (Lipinski definition) is 3. The monoisotopic (exact) mass is 277 g/mol. The first kappa shape index (κ1) is 12.9.